The highest BCUT2D eigenvalue weighted by atomic mass is 16.5. The van der Waals surface area contributed by atoms with Crippen LogP contribution in [0.4, 0.5) is 11.4 Å². The topological polar surface area (TPSA) is 116 Å². The first-order valence-corrected chi connectivity index (χ1v) is 11.9. The lowest BCUT2D eigenvalue weighted by Gasteiger charge is -2.09. The number of carbonyl (C=O) groups excluding carboxylic acids is 2. The molecule has 0 fully saturated rings. The van der Waals surface area contributed by atoms with Crippen LogP contribution in [0.15, 0.2) is 47.1 Å². The molecule has 3 heterocycles. The molecular formula is C26H28N6O4. The first kappa shape index (κ1) is 23.4. The van der Waals surface area contributed by atoms with Gasteiger partial charge in [-0.3, -0.25) is 19.0 Å². The van der Waals surface area contributed by atoms with Crippen LogP contribution >= 0.6 is 0 Å². The molecule has 0 aliphatic heterocycles. The molecule has 10 heteroatoms. The molecule has 0 saturated heterocycles. The largest absolute Gasteiger partial charge is 0.486 e. The Balaban J connectivity index is 1.25. The Bertz CT molecular complexity index is 1430. The van der Waals surface area contributed by atoms with E-state index in [2.05, 4.69) is 33.0 Å². The minimum absolute atomic E-state index is 0.112. The van der Waals surface area contributed by atoms with Gasteiger partial charge in [0.25, 0.3) is 11.8 Å². The van der Waals surface area contributed by atoms with E-state index in [9.17, 15) is 9.59 Å². The van der Waals surface area contributed by atoms with Crippen molar-refractivity contribution in [1.29, 1.82) is 0 Å². The van der Waals surface area contributed by atoms with E-state index < -0.39 is 11.8 Å². The second kappa shape index (κ2) is 9.73. The standard InChI is InChI=1S/C26H28N6O4/c1-4-32-24(26(34)29-21-13-27-31(3)16(21)2)22(14-28-32)30-25(33)23-11-10-20(36-23)15-35-19-9-8-17-6-5-7-18(17)12-19/h8-14H,4-7,15H2,1-3H3,(H,29,34)(H,30,33). The number of aromatic nitrogens is 4. The van der Waals surface area contributed by atoms with E-state index in [4.69, 9.17) is 9.15 Å². The molecule has 186 valence electrons. The van der Waals surface area contributed by atoms with Gasteiger partial charge in [-0.25, -0.2) is 0 Å². The fourth-order valence-corrected chi connectivity index (χ4v) is 4.31. The molecule has 1 aromatic carbocycles. The Kier molecular flexibility index (Phi) is 6.32. The van der Waals surface area contributed by atoms with Crippen molar-refractivity contribution >= 4 is 23.2 Å². The zero-order chi connectivity index (χ0) is 25.2. The third-order valence-corrected chi connectivity index (χ3v) is 6.42. The number of nitrogens with zero attached hydrogens (tertiary/aromatic N) is 4. The van der Waals surface area contributed by atoms with E-state index in [0.29, 0.717) is 18.0 Å². The number of rotatable bonds is 8. The van der Waals surface area contributed by atoms with Gasteiger partial charge >= 0.3 is 0 Å². The average Bonchev–Trinajstić information content (AvgIpc) is 3.67. The summed E-state index contributed by atoms with van der Waals surface area (Å²) in [6, 6.07) is 9.43. The Morgan fingerprint density at radius 2 is 1.81 bits per heavy atom. The molecule has 0 radical (unpaired) electrons. The van der Waals surface area contributed by atoms with E-state index in [1.165, 1.54) is 28.4 Å². The normalized spacial score (nSPS) is 12.4. The summed E-state index contributed by atoms with van der Waals surface area (Å²) in [5, 5.41) is 14.0. The van der Waals surface area contributed by atoms with Crippen molar-refractivity contribution in [3.05, 3.63) is 76.8 Å². The molecule has 36 heavy (non-hydrogen) atoms. The number of benzene rings is 1. The summed E-state index contributed by atoms with van der Waals surface area (Å²) >= 11 is 0. The quantitative estimate of drug-likeness (QED) is 0.386. The molecule has 5 rings (SSSR count). The molecule has 3 aromatic heterocycles. The van der Waals surface area contributed by atoms with Gasteiger partial charge in [0.1, 0.15) is 23.8 Å². The lowest BCUT2D eigenvalue weighted by Crippen LogP contribution is -2.21. The minimum atomic E-state index is -0.485. The number of amides is 2. The summed E-state index contributed by atoms with van der Waals surface area (Å²) in [5.41, 5.74) is 4.63. The van der Waals surface area contributed by atoms with Gasteiger partial charge in [0.2, 0.25) is 0 Å². The van der Waals surface area contributed by atoms with Crippen LogP contribution in [0, 0.1) is 6.92 Å². The van der Waals surface area contributed by atoms with Crippen molar-refractivity contribution in [2.24, 2.45) is 7.05 Å². The van der Waals surface area contributed by atoms with Crippen molar-refractivity contribution in [3.63, 3.8) is 0 Å². The molecule has 4 aromatic rings. The molecule has 10 nitrogen and oxygen atoms in total. The van der Waals surface area contributed by atoms with Gasteiger partial charge in [-0.15, -0.1) is 0 Å². The highest BCUT2D eigenvalue weighted by molar-refractivity contribution is 6.11. The maximum Gasteiger partial charge on any atom is 0.291 e. The molecule has 0 saturated carbocycles. The van der Waals surface area contributed by atoms with Crippen molar-refractivity contribution in [3.8, 4) is 5.75 Å². The van der Waals surface area contributed by atoms with Crippen LogP contribution in [0.1, 0.15) is 57.0 Å². The van der Waals surface area contributed by atoms with Gasteiger partial charge in [-0.05, 0) is 68.5 Å². The van der Waals surface area contributed by atoms with Crippen LogP contribution in [-0.4, -0.2) is 31.4 Å². The number of fused-ring (bicyclic) bond motifs is 1. The van der Waals surface area contributed by atoms with E-state index >= 15 is 0 Å². The lowest BCUT2D eigenvalue weighted by molar-refractivity contribution is 0.0992. The van der Waals surface area contributed by atoms with Gasteiger partial charge in [-0.1, -0.05) is 6.07 Å². The fraction of sp³-hybridized carbons (Fsp3) is 0.308. The van der Waals surface area contributed by atoms with E-state index in [0.717, 1.165) is 24.3 Å². The number of anilines is 2. The molecule has 2 N–H and O–H groups in total. The van der Waals surface area contributed by atoms with Gasteiger partial charge in [0, 0.05) is 13.6 Å². The lowest BCUT2D eigenvalue weighted by atomic mass is 10.1. The predicted octanol–water partition coefficient (Wildman–Crippen LogP) is 4.11. The van der Waals surface area contributed by atoms with Crippen LogP contribution in [0.3, 0.4) is 0 Å². The zero-order valence-electron chi connectivity index (χ0n) is 20.5. The molecule has 2 amide bonds. The molecule has 0 bridgehead atoms. The molecule has 0 atom stereocenters. The molecule has 0 unspecified atom stereocenters. The number of carbonyl (C=O) groups is 2. The summed E-state index contributed by atoms with van der Waals surface area (Å²) in [6.07, 6.45) is 6.41. The number of ether oxygens (including phenoxy) is 1. The first-order valence-electron chi connectivity index (χ1n) is 11.9. The monoisotopic (exact) mass is 488 g/mol. The van der Waals surface area contributed by atoms with Crippen LogP contribution in [0.25, 0.3) is 0 Å². The zero-order valence-corrected chi connectivity index (χ0v) is 20.5. The number of hydrogen-bond acceptors (Lipinski definition) is 6. The molecule has 1 aliphatic carbocycles. The van der Waals surface area contributed by atoms with Crippen LogP contribution in [-0.2, 0) is 33.0 Å². The van der Waals surface area contributed by atoms with Gasteiger partial charge in [0.15, 0.2) is 5.76 Å². The number of furan rings is 1. The van der Waals surface area contributed by atoms with E-state index in [1.54, 1.807) is 30.1 Å². The second-order valence-electron chi connectivity index (χ2n) is 8.74. The smallest absolute Gasteiger partial charge is 0.291 e. The number of hydrogen-bond donors (Lipinski definition) is 2. The average molecular weight is 489 g/mol. The van der Waals surface area contributed by atoms with E-state index in [1.807, 2.05) is 19.9 Å². The maximum absolute atomic E-state index is 13.0. The van der Waals surface area contributed by atoms with Gasteiger partial charge in [-0.2, -0.15) is 10.2 Å². The third kappa shape index (κ3) is 4.61. The maximum atomic E-state index is 13.0. The van der Waals surface area contributed by atoms with E-state index in [-0.39, 0.29) is 23.7 Å². The fourth-order valence-electron chi connectivity index (χ4n) is 4.31. The Hall–Kier alpha value is -4.34. The summed E-state index contributed by atoms with van der Waals surface area (Å²) in [7, 11) is 1.79. The highest BCUT2D eigenvalue weighted by Gasteiger charge is 2.23. The molecular weight excluding hydrogens is 460 g/mol. The SMILES string of the molecule is CCn1ncc(NC(=O)c2ccc(COc3ccc4c(c3)CCC4)o2)c1C(=O)Nc1cnn(C)c1C. The van der Waals surface area contributed by atoms with Gasteiger partial charge < -0.3 is 19.8 Å². The highest BCUT2D eigenvalue weighted by Crippen LogP contribution is 2.27. The van der Waals surface area contributed by atoms with Crippen molar-refractivity contribution in [2.45, 2.75) is 46.3 Å². The Labute approximate surface area is 208 Å². The summed E-state index contributed by atoms with van der Waals surface area (Å²) < 4.78 is 14.8. The van der Waals surface area contributed by atoms with Crippen molar-refractivity contribution in [1.82, 2.24) is 19.6 Å². The van der Waals surface area contributed by atoms with Crippen LogP contribution in [0.5, 0.6) is 5.75 Å². The second-order valence-corrected chi connectivity index (χ2v) is 8.74. The summed E-state index contributed by atoms with van der Waals surface area (Å²) in [4.78, 5) is 25.9. The molecule has 1 aliphatic rings. The van der Waals surface area contributed by atoms with Gasteiger partial charge in [0.05, 0.1) is 29.5 Å². The predicted molar refractivity (Wildman–Crippen MR) is 133 cm³/mol. The van der Waals surface area contributed by atoms with Crippen molar-refractivity contribution < 1.29 is 18.7 Å². The van der Waals surface area contributed by atoms with Crippen LogP contribution in [0.2, 0.25) is 0 Å². The minimum Gasteiger partial charge on any atom is -0.486 e. The van der Waals surface area contributed by atoms with Crippen LogP contribution < -0.4 is 15.4 Å². The Morgan fingerprint density at radius 1 is 1.03 bits per heavy atom. The summed E-state index contributed by atoms with van der Waals surface area (Å²) in [5.74, 6) is 0.533. The number of nitrogens with one attached hydrogen (secondary N) is 2. The first-order chi connectivity index (χ1) is 17.4. The van der Waals surface area contributed by atoms with Crippen molar-refractivity contribution in [2.75, 3.05) is 10.6 Å². The number of aryl methyl sites for hydroxylation is 4. The summed E-state index contributed by atoms with van der Waals surface area (Å²) in [6.45, 7) is 4.38. The third-order valence-electron chi connectivity index (χ3n) is 6.42. The molecule has 0 spiro atoms. The Morgan fingerprint density at radius 3 is 2.58 bits per heavy atom.